The lowest BCUT2D eigenvalue weighted by molar-refractivity contribution is -0.150. The van der Waals surface area contributed by atoms with E-state index in [1.807, 2.05) is 0 Å². The highest BCUT2D eigenvalue weighted by molar-refractivity contribution is 7.89. The molecule has 29 heavy (non-hydrogen) atoms. The van der Waals surface area contributed by atoms with Crippen LogP contribution in [0.25, 0.3) is 0 Å². The number of rotatable bonds is 10. The smallest absolute Gasteiger partial charge is 0.306 e. The molecule has 0 amide bonds. The molecule has 1 heterocycles. The van der Waals surface area contributed by atoms with Gasteiger partial charge in [0.2, 0.25) is 10.0 Å². The fourth-order valence-electron chi connectivity index (χ4n) is 2.49. The van der Waals surface area contributed by atoms with E-state index < -0.39 is 21.4 Å². The van der Waals surface area contributed by atoms with Crippen LogP contribution in [0.1, 0.15) is 46.5 Å². The summed E-state index contributed by atoms with van der Waals surface area (Å²) in [5.74, 6) is 0.410. The van der Waals surface area contributed by atoms with Gasteiger partial charge in [-0.15, -0.1) is 0 Å². The molecule has 8 nitrogen and oxygen atoms in total. The topological polar surface area (TPSA) is 108 Å². The van der Waals surface area contributed by atoms with E-state index in [9.17, 15) is 18.0 Å². The molecular weight excluding hydrogens is 398 g/mol. The van der Waals surface area contributed by atoms with E-state index in [4.69, 9.17) is 14.2 Å². The number of unbranched alkanes of at least 4 members (excludes halogenated alkanes) is 2. The van der Waals surface area contributed by atoms with E-state index in [2.05, 4.69) is 4.72 Å². The first-order valence-electron chi connectivity index (χ1n) is 9.68. The Morgan fingerprint density at radius 1 is 1.07 bits per heavy atom. The number of carbonyl (C=O) groups excluding carboxylic acids is 2. The molecule has 0 bridgehead atoms. The molecule has 1 aliphatic heterocycles. The van der Waals surface area contributed by atoms with Crippen molar-refractivity contribution in [2.75, 3.05) is 26.4 Å². The molecule has 0 saturated carbocycles. The highest BCUT2D eigenvalue weighted by atomic mass is 32.2. The van der Waals surface area contributed by atoms with Crippen molar-refractivity contribution in [1.29, 1.82) is 0 Å². The van der Waals surface area contributed by atoms with Gasteiger partial charge in [-0.25, -0.2) is 13.1 Å². The Morgan fingerprint density at radius 3 is 2.45 bits per heavy atom. The second-order valence-corrected chi connectivity index (χ2v) is 9.61. The van der Waals surface area contributed by atoms with Crippen molar-refractivity contribution in [1.82, 2.24) is 4.72 Å². The molecule has 0 aromatic heterocycles. The lowest BCUT2D eigenvalue weighted by Gasteiger charge is -2.18. The van der Waals surface area contributed by atoms with Crippen molar-refractivity contribution >= 4 is 21.8 Å². The monoisotopic (exact) mass is 427 g/mol. The van der Waals surface area contributed by atoms with Gasteiger partial charge >= 0.3 is 5.97 Å². The number of Topliss-reactive ketones (excluding diaryl/α,β-unsaturated/α-hetero) is 1. The van der Waals surface area contributed by atoms with Gasteiger partial charge in [0.05, 0.1) is 4.90 Å². The molecule has 1 aromatic rings. The van der Waals surface area contributed by atoms with Gasteiger partial charge in [0.1, 0.15) is 13.2 Å². The van der Waals surface area contributed by atoms with Gasteiger partial charge in [0, 0.05) is 24.4 Å². The third-order valence-electron chi connectivity index (χ3n) is 4.37. The molecule has 9 heteroatoms. The number of nitrogens with one attached hydrogen (secondary N) is 1. The van der Waals surface area contributed by atoms with Crippen LogP contribution in [0.3, 0.4) is 0 Å². The molecule has 2 rings (SSSR count). The average molecular weight is 428 g/mol. The summed E-state index contributed by atoms with van der Waals surface area (Å²) in [5, 5.41) is 0. The minimum absolute atomic E-state index is 0.119. The van der Waals surface area contributed by atoms with E-state index in [1.165, 1.54) is 12.1 Å². The Kier molecular flexibility index (Phi) is 8.04. The maximum absolute atomic E-state index is 12.4. The number of fused-ring (bicyclic) bond motifs is 1. The highest BCUT2D eigenvalue weighted by Gasteiger charge is 2.22. The zero-order chi connectivity index (χ0) is 21.5. The van der Waals surface area contributed by atoms with Gasteiger partial charge in [0.15, 0.2) is 23.9 Å². The van der Waals surface area contributed by atoms with Crippen LogP contribution in [0.5, 0.6) is 11.5 Å². The van der Waals surface area contributed by atoms with Gasteiger partial charge < -0.3 is 14.2 Å². The fraction of sp³-hybridized carbons (Fsp3) is 0.600. The van der Waals surface area contributed by atoms with Gasteiger partial charge in [-0.1, -0.05) is 27.2 Å². The summed E-state index contributed by atoms with van der Waals surface area (Å²) in [6.45, 7) is 6.19. The molecule has 0 saturated heterocycles. The molecule has 1 aliphatic rings. The Bertz CT molecular complexity index is 828. The molecule has 1 aromatic carbocycles. The Morgan fingerprint density at radius 2 is 1.76 bits per heavy atom. The third kappa shape index (κ3) is 7.32. The van der Waals surface area contributed by atoms with E-state index in [-0.39, 0.29) is 30.3 Å². The molecule has 0 atom stereocenters. The number of benzene rings is 1. The standard InChI is InChI=1S/C20H29NO7S/c1-20(2,3)18(22)14-28-19(23)7-5-4-6-10-21-29(24,25)15-8-9-16-17(13-15)27-12-11-26-16/h8-9,13,21H,4-7,10-12,14H2,1-3H3. The zero-order valence-corrected chi connectivity index (χ0v) is 18.0. The number of ether oxygens (including phenoxy) is 3. The first-order chi connectivity index (χ1) is 13.6. The van der Waals surface area contributed by atoms with Crippen molar-refractivity contribution in [3.05, 3.63) is 18.2 Å². The van der Waals surface area contributed by atoms with Crippen LogP contribution in [0, 0.1) is 5.41 Å². The van der Waals surface area contributed by atoms with Crippen LogP contribution in [-0.4, -0.2) is 46.5 Å². The minimum atomic E-state index is -3.64. The fourth-order valence-corrected chi connectivity index (χ4v) is 3.58. The zero-order valence-electron chi connectivity index (χ0n) is 17.2. The van der Waals surface area contributed by atoms with Crippen molar-refractivity contribution in [3.63, 3.8) is 0 Å². The molecule has 0 unspecified atom stereocenters. The minimum Gasteiger partial charge on any atom is -0.486 e. The summed E-state index contributed by atoms with van der Waals surface area (Å²) in [4.78, 5) is 23.5. The third-order valence-corrected chi connectivity index (χ3v) is 5.83. The Balaban J connectivity index is 1.66. The SMILES string of the molecule is CC(C)(C)C(=O)COC(=O)CCCCCNS(=O)(=O)c1ccc2c(c1)OCCO2. The number of sulfonamides is 1. The lowest BCUT2D eigenvalue weighted by Crippen LogP contribution is -2.26. The van der Waals surface area contributed by atoms with E-state index in [0.717, 1.165) is 0 Å². The number of carbonyl (C=O) groups is 2. The summed E-state index contributed by atoms with van der Waals surface area (Å²) >= 11 is 0. The van der Waals surface area contributed by atoms with Crippen LogP contribution in [-0.2, 0) is 24.3 Å². The summed E-state index contributed by atoms with van der Waals surface area (Å²) in [6, 6.07) is 4.51. The molecule has 0 aliphatic carbocycles. The normalized spacial score (nSPS) is 13.8. The highest BCUT2D eigenvalue weighted by Crippen LogP contribution is 2.32. The first-order valence-corrected chi connectivity index (χ1v) is 11.2. The quantitative estimate of drug-likeness (QED) is 0.451. The van der Waals surface area contributed by atoms with Crippen LogP contribution in [0.2, 0.25) is 0 Å². The molecule has 0 radical (unpaired) electrons. The van der Waals surface area contributed by atoms with Crippen molar-refractivity contribution in [3.8, 4) is 11.5 Å². The van der Waals surface area contributed by atoms with Crippen LogP contribution >= 0.6 is 0 Å². The molecule has 0 fully saturated rings. The predicted octanol–water partition coefficient (Wildman–Crippen LogP) is 2.45. The van der Waals surface area contributed by atoms with Crippen molar-refractivity contribution < 1.29 is 32.2 Å². The van der Waals surface area contributed by atoms with E-state index in [0.29, 0.717) is 44.0 Å². The molecule has 0 spiro atoms. The predicted molar refractivity (Wildman–Crippen MR) is 107 cm³/mol. The van der Waals surface area contributed by atoms with Crippen LogP contribution < -0.4 is 14.2 Å². The molecular formula is C20H29NO7S. The number of hydrogen-bond acceptors (Lipinski definition) is 7. The van der Waals surface area contributed by atoms with Crippen molar-refractivity contribution in [2.45, 2.75) is 51.3 Å². The maximum Gasteiger partial charge on any atom is 0.306 e. The average Bonchev–Trinajstić information content (AvgIpc) is 2.67. The largest absolute Gasteiger partial charge is 0.486 e. The summed E-state index contributed by atoms with van der Waals surface area (Å²) in [7, 11) is -3.64. The van der Waals surface area contributed by atoms with Crippen LogP contribution in [0.4, 0.5) is 0 Å². The summed E-state index contributed by atoms with van der Waals surface area (Å²) in [6.07, 6.45) is 2.00. The second-order valence-electron chi connectivity index (χ2n) is 7.85. The molecule has 162 valence electrons. The summed E-state index contributed by atoms with van der Waals surface area (Å²) in [5.41, 5.74) is -0.533. The number of ketones is 1. The first kappa shape index (κ1) is 23.2. The van der Waals surface area contributed by atoms with E-state index in [1.54, 1.807) is 26.8 Å². The number of hydrogen-bond donors (Lipinski definition) is 1. The molecule has 1 N–H and O–H groups in total. The van der Waals surface area contributed by atoms with Gasteiger partial charge in [-0.05, 0) is 25.0 Å². The summed E-state index contributed by atoms with van der Waals surface area (Å²) < 4.78 is 43.1. The van der Waals surface area contributed by atoms with Gasteiger partial charge in [0.25, 0.3) is 0 Å². The Hall–Kier alpha value is -2.13. The Labute approximate surface area is 172 Å². The number of esters is 1. The lowest BCUT2D eigenvalue weighted by atomic mass is 9.91. The second kappa shape index (κ2) is 10.1. The van der Waals surface area contributed by atoms with Gasteiger partial charge in [-0.2, -0.15) is 0 Å². The van der Waals surface area contributed by atoms with E-state index >= 15 is 0 Å². The maximum atomic E-state index is 12.4. The van der Waals surface area contributed by atoms with Crippen molar-refractivity contribution in [2.24, 2.45) is 5.41 Å². The van der Waals surface area contributed by atoms with Crippen LogP contribution in [0.15, 0.2) is 23.1 Å². The van der Waals surface area contributed by atoms with Gasteiger partial charge in [-0.3, -0.25) is 9.59 Å².